The Hall–Kier alpha value is -3.93. The molecule has 1 atom stereocenters. The summed E-state index contributed by atoms with van der Waals surface area (Å²) in [7, 11) is 0. The largest absolute Gasteiger partial charge is 0.462 e. The molecule has 0 aliphatic carbocycles. The van der Waals surface area contributed by atoms with Gasteiger partial charge in [0.25, 0.3) is 0 Å². The summed E-state index contributed by atoms with van der Waals surface area (Å²) in [6, 6.07) is 0. The fourth-order valence-corrected chi connectivity index (χ4v) is 9.52. The molecule has 6 nitrogen and oxygen atoms in total. The molecule has 0 spiro atoms. The summed E-state index contributed by atoms with van der Waals surface area (Å²) in [6.45, 7) is 6.40. The van der Waals surface area contributed by atoms with Gasteiger partial charge in [-0.2, -0.15) is 0 Å². The van der Waals surface area contributed by atoms with E-state index in [4.69, 9.17) is 14.2 Å². The lowest BCUT2D eigenvalue weighted by molar-refractivity contribution is -0.167. The van der Waals surface area contributed by atoms with Crippen LogP contribution in [0.15, 0.2) is 109 Å². The fraction of sp³-hybridized carbons (Fsp3) is 0.716. The zero-order chi connectivity index (χ0) is 57.8. The van der Waals surface area contributed by atoms with Crippen molar-refractivity contribution in [1.29, 1.82) is 0 Å². The summed E-state index contributed by atoms with van der Waals surface area (Å²) >= 11 is 0. The van der Waals surface area contributed by atoms with Crippen molar-refractivity contribution in [2.75, 3.05) is 13.2 Å². The molecule has 0 aromatic heterocycles. The molecule has 0 saturated heterocycles. The first-order valence-corrected chi connectivity index (χ1v) is 33.9. The average Bonchev–Trinajstić information content (AvgIpc) is 3.46. The maximum atomic E-state index is 12.9. The second-order valence-corrected chi connectivity index (χ2v) is 22.3. The van der Waals surface area contributed by atoms with Gasteiger partial charge in [0.1, 0.15) is 13.2 Å². The summed E-state index contributed by atoms with van der Waals surface area (Å²) in [5.41, 5.74) is 0. The Morgan fingerprint density at radius 1 is 0.263 bits per heavy atom. The molecule has 458 valence electrons. The summed E-state index contributed by atoms with van der Waals surface area (Å²) in [5.74, 6) is -0.945. The number of carbonyl (C=O) groups is 3. The zero-order valence-electron chi connectivity index (χ0n) is 52.6. The van der Waals surface area contributed by atoms with Crippen molar-refractivity contribution in [1.82, 2.24) is 0 Å². The second-order valence-electron chi connectivity index (χ2n) is 22.3. The molecular formula is C74H126O6. The van der Waals surface area contributed by atoms with Gasteiger partial charge in [0.05, 0.1) is 0 Å². The number of carbonyl (C=O) groups excluding carboxylic acids is 3. The van der Waals surface area contributed by atoms with Gasteiger partial charge in [-0.05, 0) is 103 Å². The number of ether oxygens (including phenoxy) is 3. The van der Waals surface area contributed by atoms with Gasteiger partial charge >= 0.3 is 17.9 Å². The smallest absolute Gasteiger partial charge is 0.306 e. The zero-order valence-corrected chi connectivity index (χ0v) is 52.6. The van der Waals surface area contributed by atoms with E-state index in [1.807, 2.05) is 0 Å². The van der Waals surface area contributed by atoms with Crippen LogP contribution < -0.4 is 0 Å². The van der Waals surface area contributed by atoms with Crippen molar-refractivity contribution in [3.63, 3.8) is 0 Å². The summed E-state index contributed by atoms with van der Waals surface area (Å²) in [4.78, 5) is 38.4. The van der Waals surface area contributed by atoms with Crippen LogP contribution in [-0.2, 0) is 28.6 Å². The lowest BCUT2D eigenvalue weighted by Gasteiger charge is -2.18. The molecule has 0 saturated carbocycles. The van der Waals surface area contributed by atoms with Crippen molar-refractivity contribution in [3.05, 3.63) is 109 Å². The van der Waals surface area contributed by atoms with E-state index in [-0.39, 0.29) is 37.5 Å². The standard InChI is InChI=1S/C74H126O6/c1-4-7-10-13-16-19-22-25-28-31-33-34-35-36-37-38-39-41-43-46-49-52-55-58-61-64-67-73(76)79-70-71(69-78-72(75)66-63-60-57-54-51-48-45-42-30-27-24-21-18-15-12-9-6-3)80-74(77)68-65-62-59-56-53-50-47-44-40-32-29-26-23-20-17-14-11-8-5-2/h8-9,11-12,17-18,20-21,26-27,29-30,40,44-45,48,50,53,71H,4-7,10,13-16,19,22-25,28,31-39,41-43,46-47,49,51-52,54-70H2,1-3H3/b11-8-,12-9-,20-17-,21-18-,29-26-,30-27-,44-40-,48-45-,53-50-. The molecule has 0 radical (unpaired) electrons. The Bertz CT molecular complexity index is 1610. The van der Waals surface area contributed by atoms with Crippen LogP contribution in [0.25, 0.3) is 0 Å². The Balaban J connectivity index is 4.38. The van der Waals surface area contributed by atoms with Gasteiger partial charge in [0.2, 0.25) is 0 Å². The van der Waals surface area contributed by atoms with Crippen LogP contribution in [0.3, 0.4) is 0 Å². The van der Waals surface area contributed by atoms with Gasteiger partial charge < -0.3 is 14.2 Å². The van der Waals surface area contributed by atoms with Gasteiger partial charge in [-0.15, -0.1) is 0 Å². The number of rotatable bonds is 61. The highest BCUT2D eigenvalue weighted by atomic mass is 16.6. The minimum Gasteiger partial charge on any atom is -0.462 e. The fourth-order valence-electron chi connectivity index (χ4n) is 9.52. The van der Waals surface area contributed by atoms with Gasteiger partial charge in [-0.25, -0.2) is 0 Å². The third-order valence-corrected chi connectivity index (χ3v) is 14.5. The maximum absolute atomic E-state index is 12.9. The molecule has 0 N–H and O–H groups in total. The minimum absolute atomic E-state index is 0.0985. The maximum Gasteiger partial charge on any atom is 0.306 e. The number of allylic oxidation sites excluding steroid dienone is 18. The van der Waals surface area contributed by atoms with Crippen molar-refractivity contribution in [2.24, 2.45) is 0 Å². The van der Waals surface area contributed by atoms with Gasteiger partial charge in [0.15, 0.2) is 6.10 Å². The average molecular weight is 1110 g/mol. The highest BCUT2D eigenvalue weighted by molar-refractivity contribution is 5.71. The second kappa shape index (κ2) is 67.6. The van der Waals surface area contributed by atoms with Gasteiger partial charge in [0, 0.05) is 19.3 Å². The molecule has 0 rings (SSSR count). The van der Waals surface area contributed by atoms with Crippen LogP contribution in [0.4, 0.5) is 0 Å². The molecule has 0 aliphatic heterocycles. The Morgan fingerprint density at radius 2 is 0.487 bits per heavy atom. The summed E-state index contributed by atoms with van der Waals surface area (Å²) in [6.07, 6.45) is 92.6. The van der Waals surface area contributed by atoms with Crippen molar-refractivity contribution < 1.29 is 28.6 Å². The predicted molar refractivity (Wildman–Crippen MR) is 348 cm³/mol. The molecule has 0 bridgehead atoms. The van der Waals surface area contributed by atoms with Crippen molar-refractivity contribution >= 4 is 17.9 Å². The third-order valence-electron chi connectivity index (χ3n) is 14.5. The monoisotopic (exact) mass is 1110 g/mol. The first-order chi connectivity index (χ1) is 39.5. The van der Waals surface area contributed by atoms with Crippen LogP contribution in [-0.4, -0.2) is 37.2 Å². The number of esters is 3. The summed E-state index contributed by atoms with van der Waals surface area (Å²) < 4.78 is 16.9. The molecule has 0 amide bonds. The minimum atomic E-state index is -0.809. The molecule has 80 heavy (non-hydrogen) atoms. The number of hydrogen-bond donors (Lipinski definition) is 0. The summed E-state index contributed by atoms with van der Waals surface area (Å²) in [5, 5.41) is 0. The number of hydrogen-bond acceptors (Lipinski definition) is 6. The van der Waals surface area contributed by atoms with Crippen LogP contribution in [0.2, 0.25) is 0 Å². The van der Waals surface area contributed by atoms with E-state index in [0.717, 1.165) is 135 Å². The van der Waals surface area contributed by atoms with Crippen LogP contribution >= 0.6 is 0 Å². The highest BCUT2D eigenvalue weighted by Crippen LogP contribution is 2.17. The first kappa shape index (κ1) is 76.1. The van der Waals surface area contributed by atoms with E-state index < -0.39 is 6.10 Å². The van der Waals surface area contributed by atoms with E-state index in [9.17, 15) is 14.4 Å². The predicted octanol–water partition coefficient (Wildman–Crippen LogP) is 23.4. The molecule has 0 heterocycles. The number of unbranched alkanes of at least 4 members (excludes halogenated alkanes) is 32. The van der Waals surface area contributed by atoms with E-state index in [1.165, 1.54) is 148 Å². The third kappa shape index (κ3) is 64.9. The molecule has 0 aliphatic rings. The Labute approximate surface area is 495 Å². The van der Waals surface area contributed by atoms with E-state index in [0.29, 0.717) is 12.8 Å². The van der Waals surface area contributed by atoms with Crippen LogP contribution in [0.5, 0.6) is 0 Å². The lowest BCUT2D eigenvalue weighted by Crippen LogP contribution is -2.30. The molecule has 1 unspecified atom stereocenters. The molecule has 6 heteroatoms. The van der Waals surface area contributed by atoms with Gasteiger partial charge in [-0.3, -0.25) is 14.4 Å². The van der Waals surface area contributed by atoms with Gasteiger partial charge in [-0.1, -0.05) is 310 Å². The highest BCUT2D eigenvalue weighted by Gasteiger charge is 2.19. The normalized spacial score (nSPS) is 12.8. The van der Waals surface area contributed by atoms with Crippen LogP contribution in [0, 0.1) is 0 Å². The molecule has 0 aromatic carbocycles. The molecular weight excluding hydrogens is 985 g/mol. The van der Waals surface area contributed by atoms with E-state index in [1.54, 1.807) is 0 Å². The van der Waals surface area contributed by atoms with Crippen molar-refractivity contribution in [2.45, 2.75) is 329 Å². The molecule has 0 aromatic rings. The topological polar surface area (TPSA) is 78.9 Å². The van der Waals surface area contributed by atoms with Crippen molar-refractivity contribution in [3.8, 4) is 0 Å². The molecule has 0 fully saturated rings. The quantitative estimate of drug-likeness (QED) is 0.0261. The SMILES string of the molecule is CC/C=C\C/C=C\C/C=C\C/C=C\C/C=C\CCCCCC(=O)OC(COC(=O)CCCCCC/C=C\C/C=C\C/C=C\C/C=C\CC)COC(=O)CCCCCCCCCCCCCCCCCCCCCCCCCCCC. The lowest BCUT2D eigenvalue weighted by atomic mass is 10.0. The first-order valence-electron chi connectivity index (χ1n) is 33.9. The van der Waals surface area contributed by atoms with Crippen LogP contribution in [0.1, 0.15) is 323 Å². The van der Waals surface area contributed by atoms with E-state index >= 15 is 0 Å². The Morgan fingerprint density at radius 3 is 0.775 bits per heavy atom. The Kier molecular flexibility index (Phi) is 64.3. The van der Waals surface area contributed by atoms with E-state index in [2.05, 4.69) is 130 Å².